The van der Waals surface area contributed by atoms with Crippen molar-refractivity contribution in [3.05, 3.63) is 17.8 Å². The van der Waals surface area contributed by atoms with E-state index in [2.05, 4.69) is 52.8 Å². The van der Waals surface area contributed by atoms with Crippen LogP contribution in [0.3, 0.4) is 0 Å². The van der Waals surface area contributed by atoms with Gasteiger partial charge in [0.1, 0.15) is 53.1 Å². The molecule has 1 aliphatic heterocycles. The van der Waals surface area contributed by atoms with Gasteiger partial charge >= 0.3 is 0 Å². The van der Waals surface area contributed by atoms with Crippen molar-refractivity contribution in [1.29, 1.82) is 0 Å². The summed E-state index contributed by atoms with van der Waals surface area (Å²) in [6, 6.07) is -5.34. The van der Waals surface area contributed by atoms with Crippen molar-refractivity contribution in [2.45, 2.75) is 245 Å². The van der Waals surface area contributed by atoms with Crippen molar-refractivity contribution in [1.82, 2.24) is 62.6 Å². The van der Waals surface area contributed by atoms with Crippen LogP contribution in [0.5, 0.6) is 0 Å². The maximum atomic E-state index is 14.4. The van der Waals surface area contributed by atoms with Crippen molar-refractivity contribution < 1.29 is 52.4 Å². The van der Waals surface area contributed by atoms with E-state index in [4.69, 9.17) is 4.42 Å². The monoisotopic (exact) mass is 1170 g/mol. The molecular formula is C60H102N12O11. The Balaban J connectivity index is 1.41. The average molecular weight is 1170 g/mol. The van der Waals surface area contributed by atoms with Gasteiger partial charge in [-0.1, -0.05) is 73.6 Å². The quantitative estimate of drug-likeness (QED) is 0.0512. The summed E-state index contributed by atoms with van der Waals surface area (Å²) in [6.07, 6.45) is 11.9. The summed E-state index contributed by atoms with van der Waals surface area (Å²) in [5.41, 5.74) is -4.85. The molecule has 0 radical (unpaired) electrons. The van der Waals surface area contributed by atoms with E-state index in [-0.39, 0.29) is 67.1 Å². The molecule has 2 aliphatic carbocycles. The largest absolute Gasteiger partial charge is 0.448 e. The molecule has 2 saturated carbocycles. The van der Waals surface area contributed by atoms with Crippen molar-refractivity contribution in [2.24, 2.45) is 23.7 Å². The molecule has 4 rings (SSSR count). The third-order valence-corrected chi connectivity index (χ3v) is 15.9. The number of nitrogens with one attached hydrogen (secondary N) is 9. The van der Waals surface area contributed by atoms with Gasteiger partial charge in [-0.3, -0.25) is 47.9 Å². The first kappa shape index (κ1) is 69.4. The second-order valence-corrected chi connectivity index (χ2v) is 26.8. The third kappa shape index (κ3) is 21.5. The minimum Gasteiger partial charge on any atom is -0.448 e. The maximum absolute atomic E-state index is 14.4. The molecule has 3 aliphatic rings. The molecule has 10 amide bonds. The molecule has 83 heavy (non-hydrogen) atoms. The van der Waals surface area contributed by atoms with E-state index < -0.39 is 100.0 Å². The van der Waals surface area contributed by atoms with E-state index >= 15 is 0 Å². The number of aryl methyl sites for hydroxylation is 1. The maximum Gasteiger partial charge on any atom is 0.276 e. The van der Waals surface area contributed by atoms with E-state index in [1.54, 1.807) is 6.92 Å². The van der Waals surface area contributed by atoms with Gasteiger partial charge in [-0.25, -0.2) is 4.98 Å². The van der Waals surface area contributed by atoms with E-state index in [1.165, 1.54) is 52.7 Å². The summed E-state index contributed by atoms with van der Waals surface area (Å²) in [7, 11) is 3.91. The second kappa shape index (κ2) is 30.6. The van der Waals surface area contributed by atoms with Gasteiger partial charge in [0.25, 0.3) is 5.91 Å². The highest BCUT2D eigenvalue weighted by Gasteiger charge is 2.43. The van der Waals surface area contributed by atoms with Crippen molar-refractivity contribution in [3.63, 3.8) is 0 Å². The summed E-state index contributed by atoms with van der Waals surface area (Å²) in [5.74, 6) is -5.27. The lowest BCUT2D eigenvalue weighted by molar-refractivity contribution is -0.139. The Kier molecular flexibility index (Phi) is 25.6. The van der Waals surface area contributed by atoms with E-state index in [1.807, 2.05) is 60.5 Å². The smallest absolute Gasteiger partial charge is 0.276 e. The van der Waals surface area contributed by atoms with Gasteiger partial charge in [0.15, 0.2) is 11.6 Å². The van der Waals surface area contributed by atoms with Gasteiger partial charge in [0.2, 0.25) is 53.2 Å². The fraction of sp³-hybridized carbons (Fsp3) is 0.783. The summed E-state index contributed by atoms with van der Waals surface area (Å²) >= 11 is 0. The van der Waals surface area contributed by atoms with Crippen LogP contribution in [0.4, 0.5) is 0 Å². The number of rotatable bonds is 31. The summed E-state index contributed by atoms with van der Waals surface area (Å²) < 4.78 is 5.26. The highest BCUT2D eigenvalue weighted by atomic mass is 16.3. The Morgan fingerprint density at radius 2 is 1.16 bits per heavy atom. The van der Waals surface area contributed by atoms with Crippen LogP contribution in [-0.2, 0) is 43.2 Å². The van der Waals surface area contributed by atoms with Crippen LogP contribution in [0.2, 0.25) is 0 Å². The number of hydrogen-bond donors (Lipinski definition) is 9. The lowest BCUT2D eigenvalue weighted by Gasteiger charge is -2.44. The van der Waals surface area contributed by atoms with Crippen LogP contribution in [0, 0.1) is 30.6 Å². The first-order chi connectivity index (χ1) is 38.6. The molecule has 3 fully saturated rings. The number of nitrogens with zero attached hydrogens (tertiary/aromatic N) is 3. The van der Waals surface area contributed by atoms with Crippen LogP contribution in [0.1, 0.15) is 202 Å². The molecule has 0 bridgehead atoms. The Hall–Kier alpha value is -6.13. The Morgan fingerprint density at radius 3 is 1.65 bits per heavy atom. The summed E-state index contributed by atoms with van der Waals surface area (Å²) in [6.45, 7) is 22.9. The summed E-state index contributed by atoms with van der Waals surface area (Å²) in [5, 5.41) is 25.5. The fourth-order valence-electron chi connectivity index (χ4n) is 11.1. The number of carbonyl (C=O) groups excluding carboxylic acids is 10. The van der Waals surface area contributed by atoms with Crippen LogP contribution >= 0.6 is 0 Å². The minimum absolute atomic E-state index is 0.0473. The fourth-order valence-corrected chi connectivity index (χ4v) is 11.1. The van der Waals surface area contributed by atoms with E-state index in [9.17, 15) is 47.9 Å². The molecular weight excluding hydrogens is 1060 g/mol. The molecule has 0 aromatic carbocycles. The molecule has 1 saturated heterocycles. The predicted octanol–water partition coefficient (Wildman–Crippen LogP) is 3.82. The Morgan fingerprint density at radius 1 is 0.639 bits per heavy atom. The molecule has 23 heteroatoms. The van der Waals surface area contributed by atoms with Crippen LogP contribution in [0.15, 0.2) is 10.7 Å². The number of carbonyl (C=O) groups is 10. The highest BCUT2D eigenvalue weighted by Crippen LogP contribution is 2.32. The van der Waals surface area contributed by atoms with Gasteiger partial charge in [-0.15, -0.1) is 0 Å². The minimum atomic E-state index is -1.64. The number of amides is 10. The SMILES string of the molecule is Cc1nc(C(=O)N2CCC[C@H]2C(=O)N[C@@H](CCC2CCCCC2)C(=O)N[C@@H](CC(C)C)C(=O)NC(C)(C)C(=O)N[C@@H](CC(C)C)C(=O)NC(CC(C)C)C(=O)NC(C)(C)C(=O)NC(C)(C)C(=O)NCCC(=O)NC2(CN(C)C)CCC2)co1. The lowest BCUT2D eigenvalue weighted by atomic mass is 9.76. The molecule has 1 aromatic heterocycles. The first-order valence-electron chi connectivity index (χ1n) is 30.3. The molecule has 9 N–H and O–H groups in total. The van der Waals surface area contributed by atoms with Gasteiger partial charge in [-0.2, -0.15) is 0 Å². The van der Waals surface area contributed by atoms with E-state index in [0.29, 0.717) is 44.0 Å². The van der Waals surface area contributed by atoms with Gasteiger partial charge in [0.05, 0.1) is 5.54 Å². The average Bonchev–Trinajstić information content (AvgIpc) is 4.30. The lowest BCUT2D eigenvalue weighted by Crippen LogP contribution is -2.65. The Bertz CT molecular complexity index is 2420. The molecule has 1 aromatic rings. The molecule has 0 spiro atoms. The number of hydrogen-bond acceptors (Lipinski definition) is 13. The third-order valence-electron chi connectivity index (χ3n) is 15.9. The number of likely N-dealkylation sites (N-methyl/N-ethyl adjacent to an activating group) is 1. The zero-order valence-corrected chi connectivity index (χ0v) is 52.5. The van der Waals surface area contributed by atoms with Gasteiger partial charge < -0.3 is 62.1 Å². The highest BCUT2D eigenvalue weighted by molar-refractivity contribution is 6.00. The summed E-state index contributed by atoms with van der Waals surface area (Å²) in [4.78, 5) is 146. The van der Waals surface area contributed by atoms with Gasteiger partial charge in [0, 0.05) is 33.0 Å². The molecule has 468 valence electrons. The first-order valence-corrected chi connectivity index (χ1v) is 30.3. The van der Waals surface area contributed by atoms with Crippen molar-refractivity contribution >= 4 is 59.1 Å². The molecule has 1 unspecified atom stereocenters. The zero-order chi connectivity index (χ0) is 62.2. The normalized spacial score (nSPS) is 18.1. The zero-order valence-electron chi connectivity index (χ0n) is 52.5. The molecule has 23 nitrogen and oxygen atoms in total. The van der Waals surface area contributed by atoms with Crippen molar-refractivity contribution in [2.75, 3.05) is 33.7 Å². The van der Waals surface area contributed by atoms with Crippen LogP contribution < -0.4 is 47.9 Å². The molecule has 5 atom stereocenters. The van der Waals surface area contributed by atoms with Crippen LogP contribution in [0.25, 0.3) is 0 Å². The van der Waals surface area contributed by atoms with Crippen molar-refractivity contribution in [3.8, 4) is 0 Å². The topological polar surface area (TPSA) is 311 Å². The van der Waals surface area contributed by atoms with Crippen LogP contribution in [-0.4, -0.2) is 160 Å². The van der Waals surface area contributed by atoms with E-state index in [0.717, 1.165) is 57.9 Å². The second-order valence-electron chi connectivity index (χ2n) is 26.8. The number of likely N-dealkylation sites (tertiary alicyclic amines) is 1. The number of oxazole rings is 1. The predicted molar refractivity (Wildman–Crippen MR) is 315 cm³/mol. The molecule has 2 heterocycles. The Labute approximate surface area is 492 Å². The van der Waals surface area contributed by atoms with Gasteiger partial charge in [-0.05, 0) is 144 Å². The number of aromatic nitrogens is 1. The standard InChI is InChI=1S/C60H102N12O11/c1-36(2)31-42(49(75)65-44(33-38(5)6)51(77)69-59(12,13)56(82)70-57(8,9)54(80)61-29-26-47(73)67-60(27-20-28-60)35-71(14)15)66-55(81)58(10,11)68-50(76)43(32-37(3)4)64-48(74)41(25-24-40-21-17-16-18-22-40)63-52(78)46-23-19-30-72(46)53(79)45-34-83-39(7)62-45/h34,36-38,40-44,46H,16-33,35H2,1-15H3,(H,61,80)(H,63,78)(H,64,74)(H,65,75)(H,66,81)(H,67,73)(H,68,76)(H,69,77)(H,70,82)/t41-,42-,43-,44?,46-/m0/s1.